The van der Waals surface area contributed by atoms with E-state index in [2.05, 4.69) is 5.32 Å². The number of nitrogens with zero attached hydrogens (tertiary/aromatic N) is 1. The Morgan fingerprint density at radius 3 is 2.71 bits per heavy atom. The highest BCUT2D eigenvalue weighted by Crippen LogP contribution is 2.37. The summed E-state index contributed by atoms with van der Waals surface area (Å²) in [5.41, 5.74) is 1.66. The van der Waals surface area contributed by atoms with Crippen LogP contribution in [-0.2, 0) is 4.79 Å². The smallest absolute Gasteiger partial charge is 0.259 e. The second kappa shape index (κ2) is 4.58. The van der Waals surface area contributed by atoms with Gasteiger partial charge in [0.05, 0.1) is 5.69 Å². The van der Waals surface area contributed by atoms with Crippen molar-refractivity contribution in [2.75, 3.05) is 11.4 Å². The third-order valence-electron chi connectivity index (χ3n) is 4.15. The molecule has 0 unspecified atom stereocenters. The van der Waals surface area contributed by atoms with Crippen molar-refractivity contribution in [1.82, 2.24) is 5.32 Å². The summed E-state index contributed by atoms with van der Waals surface area (Å²) in [5.74, 6) is 0.0365. The molecule has 1 fully saturated rings. The maximum atomic E-state index is 12.5. The van der Waals surface area contributed by atoms with Crippen LogP contribution in [0.25, 0.3) is 10.8 Å². The zero-order chi connectivity index (χ0) is 14.4. The van der Waals surface area contributed by atoms with E-state index in [0.717, 1.165) is 34.9 Å². The van der Waals surface area contributed by atoms with Crippen molar-refractivity contribution in [3.05, 3.63) is 42.0 Å². The predicted octanol–water partition coefficient (Wildman–Crippen LogP) is 2.47. The van der Waals surface area contributed by atoms with Crippen LogP contribution in [-0.4, -0.2) is 24.4 Å². The van der Waals surface area contributed by atoms with Gasteiger partial charge in [0.25, 0.3) is 5.91 Å². The third-order valence-corrected chi connectivity index (χ3v) is 4.15. The number of anilines is 1. The molecule has 4 heteroatoms. The lowest BCUT2D eigenvalue weighted by molar-refractivity contribution is -0.121. The van der Waals surface area contributed by atoms with Gasteiger partial charge in [-0.2, -0.15) is 0 Å². The standard InChI is InChI=1S/C17H16N2O2/c20-15(18-12-7-8-12)9-10-19-14-6-2-4-11-3-1-5-13(16(11)14)17(19)21/h1-6,12H,7-10H2,(H,18,20). The van der Waals surface area contributed by atoms with Gasteiger partial charge in [0, 0.05) is 30.0 Å². The van der Waals surface area contributed by atoms with Crippen molar-refractivity contribution in [3.63, 3.8) is 0 Å². The van der Waals surface area contributed by atoms with Crippen LogP contribution >= 0.6 is 0 Å². The van der Waals surface area contributed by atoms with Crippen LogP contribution in [0.2, 0.25) is 0 Å². The number of hydrogen-bond acceptors (Lipinski definition) is 2. The first-order valence-corrected chi connectivity index (χ1v) is 7.37. The Bertz CT molecular complexity index is 744. The third kappa shape index (κ3) is 2.07. The second-order valence-corrected chi connectivity index (χ2v) is 5.73. The van der Waals surface area contributed by atoms with Crippen LogP contribution in [0.3, 0.4) is 0 Å². The van der Waals surface area contributed by atoms with Crippen molar-refractivity contribution in [2.24, 2.45) is 0 Å². The number of amides is 2. The van der Waals surface area contributed by atoms with Gasteiger partial charge in [0.1, 0.15) is 0 Å². The number of nitrogens with one attached hydrogen (secondary N) is 1. The highest BCUT2D eigenvalue weighted by Gasteiger charge is 2.30. The zero-order valence-corrected chi connectivity index (χ0v) is 11.6. The highest BCUT2D eigenvalue weighted by molar-refractivity contribution is 6.25. The van der Waals surface area contributed by atoms with Crippen LogP contribution in [0.5, 0.6) is 0 Å². The Balaban J connectivity index is 1.58. The van der Waals surface area contributed by atoms with Crippen molar-refractivity contribution in [1.29, 1.82) is 0 Å². The molecule has 0 radical (unpaired) electrons. The molecule has 0 atom stereocenters. The Hall–Kier alpha value is -2.36. The fourth-order valence-electron chi connectivity index (χ4n) is 2.94. The molecule has 106 valence electrons. The van der Waals surface area contributed by atoms with E-state index in [-0.39, 0.29) is 11.8 Å². The summed E-state index contributed by atoms with van der Waals surface area (Å²) in [5, 5.41) is 5.04. The van der Waals surface area contributed by atoms with E-state index in [9.17, 15) is 9.59 Å². The summed E-state index contributed by atoms with van der Waals surface area (Å²) >= 11 is 0. The quantitative estimate of drug-likeness (QED) is 0.935. The Kier molecular flexibility index (Phi) is 2.70. The van der Waals surface area contributed by atoms with E-state index in [1.165, 1.54) is 0 Å². The molecule has 0 spiro atoms. The lowest BCUT2D eigenvalue weighted by Gasteiger charge is -2.17. The predicted molar refractivity (Wildman–Crippen MR) is 81.4 cm³/mol. The van der Waals surface area contributed by atoms with Gasteiger partial charge in [-0.15, -0.1) is 0 Å². The topological polar surface area (TPSA) is 49.4 Å². The highest BCUT2D eigenvalue weighted by atomic mass is 16.2. The molecule has 1 heterocycles. The molecule has 2 aromatic rings. The molecule has 0 saturated heterocycles. The van der Waals surface area contributed by atoms with Gasteiger partial charge in [0.15, 0.2) is 0 Å². The molecular weight excluding hydrogens is 264 g/mol. The first kappa shape index (κ1) is 12.4. The molecule has 4 rings (SSSR count). The number of carbonyl (C=O) groups excluding carboxylic acids is 2. The average Bonchev–Trinajstić information content (AvgIpc) is 3.25. The monoisotopic (exact) mass is 280 g/mol. The summed E-state index contributed by atoms with van der Waals surface area (Å²) in [7, 11) is 0. The lowest BCUT2D eigenvalue weighted by Crippen LogP contribution is -2.33. The number of benzene rings is 2. The number of rotatable bonds is 4. The van der Waals surface area contributed by atoms with Crippen LogP contribution in [0.15, 0.2) is 36.4 Å². The molecule has 4 nitrogen and oxygen atoms in total. The van der Waals surface area contributed by atoms with Gasteiger partial charge in [0.2, 0.25) is 5.91 Å². The van der Waals surface area contributed by atoms with Crippen LogP contribution in [0, 0.1) is 0 Å². The molecule has 1 aliphatic heterocycles. The minimum Gasteiger partial charge on any atom is -0.353 e. The maximum absolute atomic E-state index is 12.5. The molecule has 1 saturated carbocycles. The van der Waals surface area contributed by atoms with Crippen LogP contribution < -0.4 is 10.2 Å². The molecule has 0 bridgehead atoms. The van der Waals surface area contributed by atoms with Crippen LogP contribution in [0.1, 0.15) is 29.6 Å². The Labute approximate surface area is 122 Å². The normalized spacial score (nSPS) is 16.6. The fourth-order valence-corrected chi connectivity index (χ4v) is 2.94. The summed E-state index contributed by atoms with van der Waals surface area (Å²) in [4.78, 5) is 26.1. The number of hydrogen-bond donors (Lipinski definition) is 1. The van der Waals surface area contributed by atoms with Gasteiger partial charge in [-0.25, -0.2) is 0 Å². The van der Waals surface area contributed by atoms with Crippen molar-refractivity contribution in [3.8, 4) is 0 Å². The summed E-state index contributed by atoms with van der Waals surface area (Å²) < 4.78 is 0. The summed E-state index contributed by atoms with van der Waals surface area (Å²) in [6, 6.07) is 12.1. The molecule has 1 aliphatic carbocycles. The summed E-state index contributed by atoms with van der Waals surface area (Å²) in [6.07, 6.45) is 2.52. The Morgan fingerprint density at radius 1 is 1.19 bits per heavy atom. The van der Waals surface area contributed by atoms with Crippen molar-refractivity contribution >= 4 is 28.3 Å². The van der Waals surface area contributed by atoms with Gasteiger partial charge in [-0.1, -0.05) is 24.3 Å². The second-order valence-electron chi connectivity index (χ2n) is 5.73. The maximum Gasteiger partial charge on any atom is 0.259 e. The molecule has 2 amide bonds. The van der Waals surface area contributed by atoms with Crippen molar-refractivity contribution < 1.29 is 9.59 Å². The SMILES string of the molecule is O=C(CCN1C(=O)c2cccc3cccc1c23)NC1CC1. The molecular formula is C17H16N2O2. The molecule has 1 N–H and O–H groups in total. The van der Waals surface area contributed by atoms with E-state index in [0.29, 0.717) is 19.0 Å². The van der Waals surface area contributed by atoms with Gasteiger partial charge >= 0.3 is 0 Å². The molecule has 2 aromatic carbocycles. The lowest BCUT2D eigenvalue weighted by atomic mass is 10.1. The minimum atomic E-state index is 0.000946. The van der Waals surface area contributed by atoms with E-state index in [4.69, 9.17) is 0 Å². The van der Waals surface area contributed by atoms with E-state index < -0.39 is 0 Å². The molecule has 21 heavy (non-hydrogen) atoms. The van der Waals surface area contributed by atoms with E-state index >= 15 is 0 Å². The van der Waals surface area contributed by atoms with Gasteiger partial charge in [-0.05, 0) is 30.4 Å². The van der Waals surface area contributed by atoms with Crippen molar-refractivity contribution in [2.45, 2.75) is 25.3 Å². The van der Waals surface area contributed by atoms with Gasteiger partial charge < -0.3 is 10.2 Å². The first-order chi connectivity index (χ1) is 10.2. The average molecular weight is 280 g/mol. The Morgan fingerprint density at radius 2 is 1.95 bits per heavy atom. The zero-order valence-electron chi connectivity index (χ0n) is 11.6. The largest absolute Gasteiger partial charge is 0.353 e. The minimum absolute atomic E-state index is 0.000946. The molecule has 0 aromatic heterocycles. The van der Waals surface area contributed by atoms with Gasteiger partial charge in [-0.3, -0.25) is 9.59 Å². The van der Waals surface area contributed by atoms with Crippen LogP contribution in [0.4, 0.5) is 5.69 Å². The van der Waals surface area contributed by atoms with E-state index in [1.54, 1.807) is 4.90 Å². The molecule has 2 aliphatic rings. The van der Waals surface area contributed by atoms with E-state index in [1.807, 2.05) is 36.4 Å². The fraction of sp³-hybridized carbons (Fsp3) is 0.294. The first-order valence-electron chi connectivity index (χ1n) is 7.37. The number of carbonyl (C=O) groups is 2. The summed E-state index contributed by atoms with van der Waals surface area (Å²) in [6.45, 7) is 0.436.